The number of rotatable bonds is 2. The third-order valence-corrected chi connectivity index (χ3v) is 1.40. The average Bonchev–Trinajstić information content (AvgIpc) is 2.09. The van der Waals surface area contributed by atoms with E-state index in [1.807, 2.05) is 0 Å². The van der Waals surface area contributed by atoms with E-state index in [1.165, 1.54) is 0 Å². The lowest BCUT2D eigenvalue weighted by Crippen LogP contribution is -1.88. The van der Waals surface area contributed by atoms with Gasteiger partial charge < -0.3 is 16.3 Å². The van der Waals surface area contributed by atoms with Crippen LogP contribution < -0.4 is 16.3 Å². The molecule has 1 aromatic rings. The summed E-state index contributed by atoms with van der Waals surface area (Å²) in [5, 5.41) is 6.74. The fourth-order valence-corrected chi connectivity index (χ4v) is 0.799. The van der Waals surface area contributed by atoms with Crippen LogP contribution in [0.25, 0.3) is 0 Å². The van der Waals surface area contributed by atoms with E-state index >= 15 is 0 Å². The largest absolute Gasteiger partial charge is 0.497 e. The van der Waals surface area contributed by atoms with Crippen molar-refractivity contribution in [3.05, 3.63) is 18.2 Å². The van der Waals surface area contributed by atoms with Crippen molar-refractivity contribution in [1.82, 2.24) is 0 Å². The number of nitrogens with two attached hydrogens (primary N) is 2. The number of hydrogen-bond donors (Lipinski definition) is 2. The summed E-state index contributed by atoms with van der Waals surface area (Å²) >= 11 is 0. The van der Waals surface area contributed by atoms with Gasteiger partial charge in [-0.3, -0.25) is 0 Å². The highest BCUT2D eigenvalue weighted by Gasteiger charge is 1.98. The van der Waals surface area contributed by atoms with E-state index in [1.54, 1.807) is 25.3 Å². The van der Waals surface area contributed by atoms with E-state index in [4.69, 9.17) is 16.3 Å². The number of nitrogens with zero attached hydrogens (tertiary/aromatic N) is 2. The van der Waals surface area contributed by atoms with E-state index in [2.05, 4.69) is 10.3 Å². The fraction of sp³-hybridized carbons (Fsp3) is 0.143. The fourth-order valence-electron chi connectivity index (χ4n) is 0.799. The highest BCUT2D eigenvalue weighted by atomic mass is 16.5. The second-order valence-electron chi connectivity index (χ2n) is 2.14. The van der Waals surface area contributed by atoms with Crippen molar-refractivity contribution in [3.8, 4) is 5.75 Å². The van der Waals surface area contributed by atoms with Gasteiger partial charge in [0.15, 0.2) is 0 Å². The average molecular weight is 166 g/mol. The maximum atomic E-state index is 5.57. The lowest BCUT2D eigenvalue weighted by molar-refractivity contribution is 0.415. The van der Waals surface area contributed by atoms with E-state index in [0.29, 0.717) is 17.1 Å². The highest BCUT2D eigenvalue weighted by molar-refractivity contribution is 5.64. The molecule has 0 aliphatic rings. The van der Waals surface area contributed by atoms with Gasteiger partial charge in [-0.2, -0.15) is 0 Å². The second-order valence-corrected chi connectivity index (χ2v) is 2.14. The molecule has 1 rings (SSSR count). The molecule has 0 aliphatic heterocycles. The van der Waals surface area contributed by atoms with Crippen LogP contribution in [-0.4, -0.2) is 7.11 Å². The molecule has 0 amide bonds. The van der Waals surface area contributed by atoms with Crippen LogP contribution in [0.2, 0.25) is 0 Å². The van der Waals surface area contributed by atoms with Crippen LogP contribution in [0.4, 0.5) is 11.4 Å². The van der Waals surface area contributed by atoms with Gasteiger partial charge in [0.2, 0.25) is 0 Å². The third kappa shape index (κ3) is 1.63. The van der Waals surface area contributed by atoms with Crippen molar-refractivity contribution in [2.24, 2.45) is 16.2 Å². The number of nitrogen functional groups attached to an aromatic ring is 1. The first-order valence-electron chi connectivity index (χ1n) is 3.32. The Morgan fingerprint density at radius 1 is 1.42 bits per heavy atom. The number of hydrogen-bond acceptors (Lipinski definition) is 4. The van der Waals surface area contributed by atoms with E-state index in [0.717, 1.165) is 0 Å². The topological polar surface area (TPSA) is 86.0 Å². The maximum absolute atomic E-state index is 5.57. The Hall–Kier alpha value is -1.78. The van der Waals surface area contributed by atoms with Crippen LogP contribution in [0.3, 0.4) is 0 Å². The number of ether oxygens (including phenoxy) is 1. The van der Waals surface area contributed by atoms with Crippen LogP contribution in [0.1, 0.15) is 0 Å². The van der Waals surface area contributed by atoms with Crippen LogP contribution in [-0.2, 0) is 0 Å². The molecule has 0 unspecified atom stereocenters. The van der Waals surface area contributed by atoms with Crippen molar-refractivity contribution >= 4 is 11.4 Å². The lowest BCUT2D eigenvalue weighted by atomic mass is 10.2. The molecule has 5 heteroatoms. The zero-order chi connectivity index (χ0) is 8.97. The summed E-state index contributed by atoms with van der Waals surface area (Å²) in [4.78, 5) is 0. The molecule has 0 aromatic heterocycles. The molecule has 0 saturated heterocycles. The Labute approximate surface area is 70.0 Å². The minimum Gasteiger partial charge on any atom is -0.497 e. The molecule has 0 fully saturated rings. The molecule has 1 aromatic carbocycles. The molecule has 12 heavy (non-hydrogen) atoms. The van der Waals surface area contributed by atoms with Gasteiger partial charge in [0.25, 0.3) is 0 Å². The molecule has 64 valence electrons. The number of methoxy groups -OCH3 is 1. The molecule has 0 spiro atoms. The van der Waals surface area contributed by atoms with Gasteiger partial charge in [-0.1, -0.05) is 5.22 Å². The number of anilines is 1. The van der Waals surface area contributed by atoms with Gasteiger partial charge in [-0.25, -0.2) is 0 Å². The first kappa shape index (κ1) is 8.32. The molecule has 0 radical (unpaired) electrons. The van der Waals surface area contributed by atoms with Gasteiger partial charge in [0.05, 0.1) is 12.8 Å². The van der Waals surface area contributed by atoms with Gasteiger partial charge in [-0.05, 0) is 12.1 Å². The molecular weight excluding hydrogens is 156 g/mol. The minimum absolute atomic E-state index is 0.511. The van der Waals surface area contributed by atoms with Gasteiger partial charge in [0, 0.05) is 6.07 Å². The first-order valence-corrected chi connectivity index (χ1v) is 3.32. The molecule has 0 heterocycles. The van der Waals surface area contributed by atoms with Crippen LogP contribution >= 0.6 is 0 Å². The van der Waals surface area contributed by atoms with Crippen molar-refractivity contribution < 1.29 is 4.74 Å². The normalized spacial score (nSPS) is 10.4. The van der Waals surface area contributed by atoms with Crippen LogP contribution in [0.5, 0.6) is 5.75 Å². The maximum Gasteiger partial charge on any atom is 0.121 e. The van der Waals surface area contributed by atoms with Crippen molar-refractivity contribution in [2.75, 3.05) is 12.8 Å². The monoisotopic (exact) mass is 166 g/mol. The quantitative estimate of drug-likeness (QED) is 0.300. The standard InChI is InChI=1S/C7H10N4O/c1-12-5-2-3-6(8)7(4-5)10-11-9/h2-4H,8H2,1H3,(H2,9,10). The third-order valence-electron chi connectivity index (χ3n) is 1.40. The minimum atomic E-state index is 0.511. The second kappa shape index (κ2) is 3.56. The van der Waals surface area contributed by atoms with Crippen molar-refractivity contribution in [3.63, 3.8) is 0 Å². The number of benzene rings is 1. The molecule has 0 atom stereocenters. The van der Waals surface area contributed by atoms with E-state index < -0.39 is 0 Å². The summed E-state index contributed by atoms with van der Waals surface area (Å²) in [7, 11) is 1.56. The molecule has 4 N–H and O–H groups in total. The Morgan fingerprint density at radius 2 is 2.17 bits per heavy atom. The summed E-state index contributed by atoms with van der Waals surface area (Å²) in [6.07, 6.45) is 0. The summed E-state index contributed by atoms with van der Waals surface area (Å²) in [5.41, 5.74) is 6.59. The molecule has 5 nitrogen and oxygen atoms in total. The Kier molecular flexibility index (Phi) is 2.47. The molecule has 0 saturated carbocycles. The van der Waals surface area contributed by atoms with Crippen molar-refractivity contribution in [1.29, 1.82) is 0 Å². The smallest absolute Gasteiger partial charge is 0.121 e. The Bertz CT molecular complexity index is 297. The summed E-state index contributed by atoms with van der Waals surface area (Å²) < 4.78 is 4.96. The van der Waals surface area contributed by atoms with Gasteiger partial charge in [0.1, 0.15) is 11.4 Å². The van der Waals surface area contributed by atoms with Gasteiger partial charge in [-0.15, -0.1) is 5.11 Å². The molecule has 0 aliphatic carbocycles. The van der Waals surface area contributed by atoms with Crippen LogP contribution in [0, 0.1) is 0 Å². The molecular formula is C7H10N4O. The summed E-state index contributed by atoms with van der Waals surface area (Å²) in [5.74, 6) is 5.56. The SMILES string of the molecule is COc1ccc(N)c(N=NN)c1. The van der Waals surface area contributed by atoms with E-state index in [9.17, 15) is 0 Å². The predicted molar refractivity (Wildman–Crippen MR) is 46.1 cm³/mol. The van der Waals surface area contributed by atoms with Crippen molar-refractivity contribution in [2.45, 2.75) is 0 Å². The highest BCUT2D eigenvalue weighted by Crippen LogP contribution is 2.26. The first-order chi connectivity index (χ1) is 5.77. The summed E-state index contributed by atoms with van der Waals surface area (Å²) in [6.45, 7) is 0. The Morgan fingerprint density at radius 3 is 2.75 bits per heavy atom. The summed E-state index contributed by atoms with van der Waals surface area (Å²) in [6, 6.07) is 5.08. The van der Waals surface area contributed by atoms with Crippen LogP contribution in [0.15, 0.2) is 28.5 Å². The van der Waals surface area contributed by atoms with Gasteiger partial charge >= 0.3 is 0 Å². The van der Waals surface area contributed by atoms with E-state index in [-0.39, 0.29) is 0 Å². The predicted octanol–water partition coefficient (Wildman–Crippen LogP) is 1.23. The zero-order valence-electron chi connectivity index (χ0n) is 6.69. The molecule has 0 bridgehead atoms. The Balaban J connectivity index is 3.08. The zero-order valence-corrected chi connectivity index (χ0v) is 6.69. The lowest BCUT2D eigenvalue weighted by Gasteiger charge is -2.01.